The SMILES string of the molecule is Cc1ccc2c(C(=O)N3CCCC(C)C3C(=O)O)csc2c1. The van der Waals surface area contributed by atoms with Crippen molar-refractivity contribution in [2.45, 2.75) is 32.7 Å². The topological polar surface area (TPSA) is 57.6 Å². The van der Waals surface area contributed by atoms with Crippen LogP contribution >= 0.6 is 11.3 Å². The number of benzene rings is 1. The molecular formula is C17H19NO3S. The van der Waals surface area contributed by atoms with Crippen LogP contribution in [0.15, 0.2) is 23.6 Å². The van der Waals surface area contributed by atoms with Crippen LogP contribution in [0.1, 0.15) is 35.7 Å². The molecule has 2 atom stereocenters. The summed E-state index contributed by atoms with van der Waals surface area (Å²) < 4.78 is 1.07. The van der Waals surface area contributed by atoms with E-state index in [9.17, 15) is 14.7 Å². The van der Waals surface area contributed by atoms with E-state index in [2.05, 4.69) is 6.07 Å². The van der Waals surface area contributed by atoms with Crippen LogP contribution in [0.2, 0.25) is 0 Å². The summed E-state index contributed by atoms with van der Waals surface area (Å²) in [5.74, 6) is -1.08. The summed E-state index contributed by atoms with van der Waals surface area (Å²) in [7, 11) is 0. The van der Waals surface area contributed by atoms with Crippen LogP contribution in [0.4, 0.5) is 0 Å². The average molecular weight is 317 g/mol. The number of piperidine rings is 1. The zero-order valence-electron chi connectivity index (χ0n) is 12.7. The summed E-state index contributed by atoms with van der Waals surface area (Å²) in [6.07, 6.45) is 1.71. The number of hydrogen-bond acceptors (Lipinski definition) is 3. The van der Waals surface area contributed by atoms with Gasteiger partial charge in [0.05, 0.1) is 5.56 Å². The molecule has 4 nitrogen and oxygen atoms in total. The number of likely N-dealkylation sites (tertiary alicyclic amines) is 1. The maximum atomic E-state index is 12.9. The van der Waals surface area contributed by atoms with Gasteiger partial charge in [-0.15, -0.1) is 11.3 Å². The lowest BCUT2D eigenvalue weighted by molar-refractivity contribution is -0.145. The Morgan fingerprint density at radius 2 is 2.14 bits per heavy atom. The molecule has 116 valence electrons. The van der Waals surface area contributed by atoms with Crippen molar-refractivity contribution >= 4 is 33.3 Å². The first-order chi connectivity index (χ1) is 10.5. The fraction of sp³-hybridized carbons (Fsp3) is 0.412. The fourth-order valence-electron chi connectivity index (χ4n) is 3.25. The average Bonchev–Trinajstić information content (AvgIpc) is 2.88. The van der Waals surface area contributed by atoms with Crippen LogP contribution in [-0.2, 0) is 4.79 Å². The third-order valence-electron chi connectivity index (χ3n) is 4.41. The van der Waals surface area contributed by atoms with Gasteiger partial charge in [0.15, 0.2) is 0 Å². The van der Waals surface area contributed by atoms with E-state index in [-0.39, 0.29) is 11.8 Å². The van der Waals surface area contributed by atoms with Gasteiger partial charge in [-0.3, -0.25) is 4.79 Å². The van der Waals surface area contributed by atoms with Gasteiger partial charge in [-0.05, 0) is 37.3 Å². The van der Waals surface area contributed by atoms with Gasteiger partial charge in [-0.1, -0.05) is 19.1 Å². The quantitative estimate of drug-likeness (QED) is 0.922. The van der Waals surface area contributed by atoms with E-state index in [4.69, 9.17) is 0 Å². The highest BCUT2D eigenvalue weighted by atomic mass is 32.1. The maximum Gasteiger partial charge on any atom is 0.326 e. The minimum absolute atomic E-state index is 0.0117. The second kappa shape index (κ2) is 5.72. The van der Waals surface area contributed by atoms with Crippen molar-refractivity contribution in [1.82, 2.24) is 4.90 Å². The standard InChI is InChI=1S/C17H19NO3S/c1-10-5-6-12-13(9-22-14(12)8-10)16(19)18-7-3-4-11(2)15(18)17(20)21/h5-6,8-9,11,15H,3-4,7H2,1-2H3,(H,20,21). The molecule has 1 N–H and O–H groups in total. The molecule has 0 saturated carbocycles. The number of carboxylic acids is 1. The number of aliphatic carboxylic acids is 1. The summed E-state index contributed by atoms with van der Waals surface area (Å²) in [5.41, 5.74) is 1.78. The summed E-state index contributed by atoms with van der Waals surface area (Å²) in [6, 6.07) is 5.28. The molecule has 1 aromatic heterocycles. The Morgan fingerprint density at radius 3 is 2.86 bits per heavy atom. The minimum Gasteiger partial charge on any atom is -0.480 e. The van der Waals surface area contributed by atoms with Crippen LogP contribution in [-0.4, -0.2) is 34.5 Å². The third-order valence-corrected chi connectivity index (χ3v) is 5.35. The second-order valence-corrected chi connectivity index (χ2v) is 6.96. The van der Waals surface area contributed by atoms with Gasteiger partial charge >= 0.3 is 5.97 Å². The van der Waals surface area contributed by atoms with Gasteiger partial charge in [0.1, 0.15) is 6.04 Å². The zero-order chi connectivity index (χ0) is 15.9. The Bertz CT molecular complexity index is 737. The number of carbonyl (C=O) groups excluding carboxylic acids is 1. The van der Waals surface area contributed by atoms with Crippen molar-refractivity contribution in [3.05, 3.63) is 34.7 Å². The molecule has 0 radical (unpaired) electrons. The lowest BCUT2D eigenvalue weighted by Crippen LogP contribution is -2.51. The number of nitrogens with zero attached hydrogens (tertiary/aromatic N) is 1. The van der Waals surface area contributed by atoms with Gasteiger partial charge in [-0.25, -0.2) is 4.79 Å². The predicted molar refractivity (Wildman–Crippen MR) is 87.4 cm³/mol. The van der Waals surface area contributed by atoms with Gasteiger partial charge < -0.3 is 10.0 Å². The molecule has 1 aromatic carbocycles. The van der Waals surface area contributed by atoms with Crippen molar-refractivity contribution in [2.24, 2.45) is 5.92 Å². The minimum atomic E-state index is -0.907. The molecule has 2 aromatic rings. The lowest BCUT2D eigenvalue weighted by Gasteiger charge is -2.37. The first kappa shape index (κ1) is 15.0. The van der Waals surface area contributed by atoms with Gasteiger partial charge in [0, 0.05) is 22.0 Å². The molecule has 0 bridgehead atoms. The maximum absolute atomic E-state index is 12.9. The van der Waals surface area contributed by atoms with E-state index in [1.807, 2.05) is 31.4 Å². The molecule has 1 fully saturated rings. The molecule has 1 aliphatic heterocycles. The largest absolute Gasteiger partial charge is 0.480 e. The lowest BCUT2D eigenvalue weighted by atomic mass is 9.90. The summed E-state index contributed by atoms with van der Waals surface area (Å²) >= 11 is 1.54. The number of thiophene rings is 1. The Kier molecular flexibility index (Phi) is 3.91. The van der Waals surface area contributed by atoms with Crippen molar-refractivity contribution in [3.63, 3.8) is 0 Å². The molecule has 1 amide bonds. The van der Waals surface area contributed by atoms with Gasteiger partial charge in [0.25, 0.3) is 5.91 Å². The number of rotatable bonds is 2. The number of carbonyl (C=O) groups is 2. The van der Waals surface area contributed by atoms with Crippen molar-refractivity contribution < 1.29 is 14.7 Å². The van der Waals surface area contributed by atoms with E-state index < -0.39 is 12.0 Å². The van der Waals surface area contributed by atoms with Gasteiger partial charge in [-0.2, -0.15) is 0 Å². The summed E-state index contributed by atoms with van der Waals surface area (Å²) in [5, 5.41) is 12.3. The molecule has 5 heteroatoms. The Hall–Kier alpha value is -1.88. The first-order valence-corrected chi connectivity index (χ1v) is 8.38. The number of hydrogen-bond donors (Lipinski definition) is 1. The number of aryl methyl sites for hydroxylation is 1. The van der Waals surface area contributed by atoms with Crippen molar-refractivity contribution in [2.75, 3.05) is 6.54 Å². The highest BCUT2D eigenvalue weighted by Gasteiger charge is 2.37. The van der Waals surface area contributed by atoms with E-state index in [0.29, 0.717) is 12.1 Å². The fourth-order valence-corrected chi connectivity index (χ4v) is 4.28. The van der Waals surface area contributed by atoms with Gasteiger partial charge in [0.2, 0.25) is 0 Å². The molecule has 1 aliphatic rings. The van der Waals surface area contributed by atoms with E-state index in [1.165, 1.54) is 16.2 Å². The van der Waals surface area contributed by atoms with Crippen molar-refractivity contribution in [3.8, 4) is 0 Å². The zero-order valence-corrected chi connectivity index (χ0v) is 13.5. The Balaban J connectivity index is 1.99. The van der Waals surface area contributed by atoms with Crippen LogP contribution in [0.3, 0.4) is 0 Å². The smallest absolute Gasteiger partial charge is 0.326 e. The van der Waals surface area contributed by atoms with E-state index in [1.54, 1.807) is 0 Å². The molecule has 3 rings (SSSR count). The molecule has 22 heavy (non-hydrogen) atoms. The first-order valence-electron chi connectivity index (χ1n) is 7.50. The normalized spacial score (nSPS) is 22.0. The third kappa shape index (κ3) is 2.50. The van der Waals surface area contributed by atoms with E-state index in [0.717, 1.165) is 28.5 Å². The molecule has 0 spiro atoms. The molecular weight excluding hydrogens is 298 g/mol. The molecule has 0 aliphatic carbocycles. The highest BCUT2D eigenvalue weighted by Crippen LogP contribution is 2.31. The highest BCUT2D eigenvalue weighted by molar-refractivity contribution is 7.17. The van der Waals surface area contributed by atoms with Crippen LogP contribution in [0, 0.1) is 12.8 Å². The molecule has 2 unspecified atom stereocenters. The second-order valence-electron chi connectivity index (χ2n) is 6.05. The number of carboxylic acid groups (broad SMARTS) is 1. The van der Waals surface area contributed by atoms with E-state index >= 15 is 0 Å². The number of amides is 1. The molecule has 1 saturated heterocycles. The predicted octanol–water partition coefficient (Wildman–Crippen LogP) is 3.54. The van der Waals surface area contributed by atoms with Crippen LogP contribution in [0.25, 0.3) is 10.1 Å². The Labute approximate surface area is 133 Å². The van der Waals surface area contributed by atoms with Crippen LogP contribution < -0.4 is 0 Å². The van der Waals surface area contributed by atoms with Crippen LogP contribution in [0.5, 0.6) is 0 Å². The summed E-state index contributed by atoms with van der Waals surface area (Å²) in [6.45, 7) is 4.45. The monoisotopic (exact) mass is 317 g/mol. The molecule has 2 heterocycles. The Morgan fingerprint density at radius 1 is 1.36 bits per heavy atom. The van der Waals surface area contributed by atoms with Crippen molar-refractivity contribution in [1.29, 1.82) is 0 Å². The summed E-state index contributed by atoms with van der Waals surface area (Å²) in [4.78, 5) is 26.0. The number of fused-ring (bicyclic) bond motifs is 1.